The molecule has 8 N–H and O–H groups in total. The van der Waals surface area contributed by atoms with Crippen LogP contribution in [0.4, 0.5) is 11.9 Å². The Labute approximate surface area is 225 Å². The van der Waals surface area contributed by atoms with E-state index in [1.807, 2.05) is 0 Å². The van der Waals surface area contributed by atoms with Crippen molar-refractivity contribution in [2.45, 2.75) is 116 Å². The summed E-state index contributed by atoms with van der Waals surface area (Å²) in [6.07, 6.45) is 23.2. The number of rotatable bonds is 20. The fraction of sp³-hybridized carbons (Fsp3) is 0.769. The van der Waals surface area contributed by atoms with E-state index in [1.54, 1.807) is 15.0 Å². The van der Waals surface area contributed by atoms with E-state index in [-0.39, 0.29) is 11.9 Å². The number of anilines is 2. The number of nitrogens with zero attached hydrogens (tertiary/aromatic N) is 3. The number of nitrogens with two attached hydrogens (primary N) is 2. The number of aromatic nitrogens is 6. The molecule has 0 saturated carbocycles. The Balaban J connectivity index is 0.000000671. The minimum Gasteiger partial charge on any atom is -0.368 e. The van der Waals surface area contributed by atoms with Crippen molar-refractivity contribution >= 4 is 11.9 Å². The number of aromatic amines is 3. The maximum atomic E-state index is 10.2. The number of unbranched alkanes of at least 4 members (excludes halogenated alkanes) is 15. The molecule has 12 heteroatoms. The van der Waals surface area contributed by atoms with Gasteiger partial charge in [-0.3, -0.25) is 15.0 Å². The summed E-state index contributed by atoms with van der Waals surface area (Å²) in [4.78, 5) is 47.9. The highest BCUT2D eigenvalue weighted by Gasteiger charge is 2.01. The van der Waals surface area contributed by atoms with Crippen LogP contribution < -0.4 is 33.9 Å². The molecule has 2 rings (SSSR count). The third-order valence-corrected chi connectivity index (χ3v) is 6.13. The minimum atomic E-state index is -0.802. The van der Waals surface area contributed by atoms with Crippen LogP contribution in [0.3, 0.4) is 0 Å². The number of hydrogen-bond donors (Lipinski definition) is 6. The molecule has 0 radical (unpaired) electrons. The average Bonchev–Trinajstić information content (AvgIpc) is 2.84. The second-order valence-electron chi connectivity index (χ2n) is 9.63. The molecule has 0 atom stereocenters. The maximum Gasteiger partial charge on any atom is 0.330 e. The Morgan fingerprint density at radius 2 is 0.921 bits per heavy atom. The van der Waals surface area contributed by atoms with Gasteiger partial charge in [-0.1, -0.05) is 103 Å². The van der Waals surface area contributed by atoms with Crippen LogP contribution in [-0.2, 0) is 6.42 Å². The molecule has 2 aromatic heterocycles. The summed E-state index contributed by atoms with van der Waals surface area (Å²) in [6, 6.07) is 0. The van der Waals surface area contributed by atoms with Gasteiger partial charge in [-0.05, 0) is 13.0 Å². The predicted molar refractivity (Wildman–Crippen MR) is 153 cm³/mol. The van der Waals surface area contributed by atoms with E-state index in [4.69, 9.17) is 11.5 Å². The number of nitrogens with one attached hydrogen (secondary N) is 4. The van der Waals surface area contributed by atoms with E-state index >= 15 is 0 Å². The summed E-state index contributed by atoms with van der Waals surface area (Å²) >= 11 is 0. The van der Waals surface area contributed by atoms with Gasteiger partial charge in [0.05, 0.1) is 0 Å². The lowest BCUT2D eigenvalue weighted by Gasteiger charge is -2.05. The van der Waals surface area contributed by atoms with Crippen molar-refractivity contribution in [2.75, 3.05) is 24.6 Å². The van der Waals surface area contributed by atoms with Gasteiger partial charge in [-0.2, -0.15) is 15.0 Å². The van der Waals surface area contributed by atoms with E-state index in [0.29, 0.717) is 5.82 Å². The second-order valence-corrected chi connectivity index (χ2v) is 9.63. The summed E-state index contributed by atoms with van der Waals surface area (Å²) in [5.74, 6) is 1.06. The Morgan fingerprint density at radius 3 is 1.32 bits per heavy atom. The van der Waals surface area contributed by atoms with Crippen LogP contribution in [0.25, 0.3) is 0 Å². The first-order chi connectivity index (χ1) is 18.4. The Hall–Kier alpha value is -3.02. The zero-order chi connectivity index (χ0) is 27.8. The number of hydrogen-bond acceptors (Lipinski definition) is 9. The molecule has 216 valence electrons. The highest BCUT2D eigenvalue weighted by atomic mass is 16.2. The second kappa shape index (κ2) is 22.0. The lowest BCUT2D eigenvalue weighted by molar-refractivity contribution is 0.525. The summed E-state index contributed by atoms with van der Waals surface area (Å²) in [6.45, 7) is 4.19. The van der Waals surface area contributed by atoms with Gasteiger partial charge in [0.1, 0.15) is 5.82 Å². The van der Waals surface area contributed by atoms with Gasteiger partial charge in [0.15, 0.2) is 0 Å². The molecule has 0 saturated heterocycles. The van der Waals surface area contributed by atoms with E-state index < -0.39 is 17.1 Å². The van der Waals surface area contributed by atoms with Gasteiger partial charge >= 0.3 is 17.1 Å². The molecule has 0 aliphatic carbocycles. The topological polar surface area (TPSA) is 201 Å². The third-order valence-electron chi connectivity index (χ3n) is 6.13. The largest absolute Gasteiger partial charge is 0.368 e. The van der Waals surface area contributed by atoms with Gasteiger partial charge < -0.3 is 16.8 Å². The van der Waals surface area contributed by atoms with Crippen LogP contribution in [0.5, 0.6) is 0 Å². The van der Waals surface area contributed by atoms with Crippen LogP contribution in [0.15, 0.2) is 14.4 Å². The standard InChI is InChI=1S/C23H46N6.C3H3N3O3/c1-2-3-4-5-6-7-8-9-10-11-12-13-14-15-16-17-19-26-20-18-21-27-22(24)29-23(25)28-21;7-1-4-2(8)6-3(9)5-1/h26H,2-20H2,1H3,(H4,24,25,27,28,29);(H3,4,5,6,7,8,9). The molecule has 2 aromatic rings. The summed E-state index contributed by atoms with van der Waals surface area (Å²) in [5.41, 5.74) is 8.74. The zero-order valence-electron chi connectivity index (χ0n) is 23.2. The zero-order valence-corrected chi connectivity index (χ0v) is 23.2. The minimum absolute atomic E-state index is 0.199. The highest BCUT2D eigenvalue weighted by molar-refractivity contribution is 5.25. The van der Waals surface area contributed by atoms with Crippen LogP contribution in [0, 0.1) is 0 Å². The molecular weight excluding hydrogens is 486 g/mol. The Bertz CT molecular complexity index is 921. The average molecular weight is 536 g/mol. The van der Waals surface area contributed by atoms with Gasteiger partial charge in [0.2, 0.25) is 11.9 Å². The maximum absolute atomic E-state index is 10.2. The first-order valence-electron chi connectivity index (χ1n) is 14.3. The molecule has 0 spiro atoms. The number of nitrogen functional groups attached to an aromatic ring is 2. The van der Waals surface area contributed by atoms with Gasteiger partial charge in [-0.15, -0.1) is 0 Å². The van der Waals surface area contributed by atoms with E-state index in [1.165, 1.54) is 103 Å². The molecule has 0 amide bonds. The van der Waals surface area contributed by atoms with Crippen LogP contribution in [-0.4, -0.2) is 43.0 Å². The van der Waals surface area contributed by atoms with Crippen molar-refractivity contribution in [2.24, 2.45) is 0 Å². The van der Waals surface area contributed by atoms with Gasteiger partial charge in [0.25, 0.3) is 0 Å². The van der Waals surface area contributed by atoms with Gasteiger partial charge in [0, 0.05) is 13.0 Å². The monoisotopic (exact) mass is 535 g/mol. The summed E-state index contributed by atoms with van der Waals surface area (Å²) in [7, 11) is 0. The van der Waals surface area contributed by atoms with Crippen molar-refractivity contribution in [1.29, 1.82) is 0 Å². The molecule has 2 heterocycles. The number of H-pyrrole nitrogens is 3. The lowest BCUT2D eigenvalue weighted by Crippen LogP contribution is -2.34. The van der Waals surface area contributed by atoms with Crippen molar-refractivity contribution in [3.63, 3.8) is 0 Å². The summed E-state index contributed by atoms with van der Waals surface area (Å²) in [5, 5.41) is 3.44. The SMILES string of the molecule is CCCCCCCCCCCCCCCCCCNCCc1nc(N)nc(N)n1.O=c1[nH]c(=O)[nH]c(=O)[nH]1. The molecule has 0 aliphatic heterocycles. The fourth-order valence-electron chi connectivity index (χ4n) is 4.10. The predicted octanol–water partition coefficient (Wildman–Crippen LogP) is 3.18. The lowest BCUT2D eigenvalue weighted by atomic mass is 10.0. The Morgan fingerprint density at radius 1 is 0.553 bits per heavy atom. The van der Waals surface area contributed by atoms with Crippen LogP contribution in [0.2, 0.25) is 0 Å². The summed E-state index contributed by atoms with van der Waals surface area (Å²) < 4.78 is 0. The Kier molecular flexibility index (Phi) is 19.1. The van der Waals surface area contributed by atoms with Crippen molar-refractivity contribution in [3.8, 4) is 0 Å². The van der Waals surface area contributed by atoms with Gasteiger partial charge in [-0.25, -0.2) is 14.4 Å². The molecule has 0 aromatic carbocycles. The molecule has 38 heavy (non-hydrogen) atoms. The smallest absolute Gasteiger partial charge is 0.330 e. The molecular formula is C26H49N9O3. The van der Waals surface area contributed by atoms with Crippen molar-refractivity contribution in [3.05, 3.63) is 37.3 Å². The first kappa shape index (κ1) is 33.0. The highest BCUT2D eigenvalue weighted by Crippen LogP contribution is 2.13. The quantitative estimate of drug-likeness (QED) is 0.138. The molecule has 0 aliphatic rings. The van der Waals surface area contributed by atoms with E-state index in [2.05, 4.69) is 27.2 Å². The molecule has 0 unspecified atom stereocenters. The normalized spacial score (nSPS) is 10.8. The fourth-order valence-corrected chi connectivity index (χ4v) is 4.10. The van der Waals surface area contributed by atoms with Crippen LogP contribution >= 0.6 is 0 Å². The van der Waals surface area contributed by atoms with Crippen molar-refractivity contribution in [1.82, 2.24) is 35.2 Å². The first-order valence-corrected chi connectivity index (χ1v) is 14.3. The molecule has 0 fully saturated rings. The van der Waals surface area contributed by atoms with Crippen molar-refractivity contribution < 1.29 is 0 Å². The molecule has 0 bridgehead atoms. The van der Waals surface area contributed by atoms with E-state index in [9.17, 15) is 14.4 Å². The van der Waals surface area contributed by atoms with Crippen LogP contribution in [0.1, 0.15) is 115 Å². The van der Waals surface area contributed by atoms with E-state index in [0.717, 1.165) is 19.5 Å². The third kappa shape index (κ3) is 19.1. The molecule has 12 nitrogen and oxygen atoms in total.